The SMILES string of the molecule is C=C(C)COc1cccc(NC(=O)C2CC2C(=O)O)c1. The minimum absolute atomic E-state index is 0.255. The molecule has 1 amide bonds. The average molecular weight is 275 g/mol. The summed E-state index contributed by atoms with van der Waals surface area (Å²) < 4.78 is 5.48. The van der Waals surface area contributed by atoms with Crippen molar-refractivity contribution in [2.75, 3.05) is 11.9 Å². The number of rotatable bonds is 6. The van der Waals surface area contributed by atoms with E-state index in [0.717, 1.165) is 5.57 Å². The second kappa shape index (κ2) is 5.77. The number of carbonyl (C=O) groups is 2. The molecule has 1 saturated carbocycles. The first kappa shape index (κ1) is 14.1. The fourth-order valence-corrected chi connectivity index (χ4v) is 1.86. The summed E-state index contributed by atoms with van der Waals surface area (Å²) in [7, 11) is 0. The van der Waals surface area contributed by atoms with Crippen molar-refractivity contribution in [3.05, 3.63) is 36.4 Å². The van der Waals surface area contributed by atoms with Gasteiger partial charge in [0.05, 0.1) is 11.8 Å². The summed E-state index contributed by atoms with van der Waals surface area (Å²) in [6.07, 6.45) is 0.410. The lowest BCUT2D eigenvalue weighted by Gasteiger charge is -2.09. The molecule has 1 aliphatic rings. The van der Waals surface area contributed by atoms with E-state index in [1.165, 1.54) is 0 Å². The second-order valence-electron chi connectivity index (χ2n) is 5.05. The van der Waals surface area contributed by atoms with Crippen molar-refractivity contribution in [1.82, 2.24) is 0 Å². The zero-order valence-electron chi connectivity index (χ0n) is 11.3. The quantitative estimate of drug-likeness (QED) is 0.781. The molecular formula is C15H17NO4. The van der Waals surface area contributed by atoms with Gasteiger partial charge in [0.1, 0.15) is 12.4 Å². The van der Waals surface area contributed by atoms with E-state index < -0.39 is 17.8 Å². The highest BCUT2D eigenvalue weighted by Crippen LogP contribution is 2.39. The number of benzene rings is 1. The van der Waals surface area contributed by atoms with Crippen LogP contribution in [0.3, 0.4) is 0 Å². The first-order chi connectivity index (χ1) is 9.47. The van der Waals surface area contributed by atoms with Crippen LogP contribution in [0.15, 0.2) is 36.4 Å². The van der Waals surface area contributed by atoms with E-state index in [4.69, 9.17) is 9.84 Å². The summed E-state index contributed by atoms with van der Waals surface area (Å²) in [4.78, 5) is 22.6. The maximum absolute atomic E-state index is 11.8. The number of anilines is 1. The lowest BCUT2D eigenvalue weighted by atomic mass is 10.2. The van der Waals surface area contributed by atoms with Gasteiger partial charge in [0.2, 0.25) is 5.91 Å². The van der Waals surface area contributed by atoms with Crippen LogP contribution in [-0.2, 0) is 9.59 Å². The Morgan fingerprint density at radius 1 is 1.45 bits per heavy atom. The molecule has 0 radical (unpaired) electrons. The second-order valence-corrected chi connectivity index (χ2v) is 5.05. The Hall–Kier alpha value is -2.30. The largest absolute Gasteiger partial charge is 0.489 e. The minimum Gasteiger partial charge on any atom is -0.489 e. The Morgan fingerprint density at radius 3 is 2.80 bits per heavy atom. The standard InChI is InChI=1S/C15H17NO4/c1-9(2)8-20-11-5-3-4-10(6-11)16-14(17)12-7-13(12)15(18)19/h3-6,12-13H,1,7-8H2,2H3,(H,16,17)(H,18,19). The Labute approximate surface area is 117 Å². The third-order valence-electron chi connectivity index (χ3n) is 3.03. The van der Waals surface area contributed by atoms with Gasteiger partial charge in [0, 0.05) is 11.8 Å². The number of carbonyl (C=O) groups excluding carboxylic acids is 1. The molecule has 0 bridgehead atoms. The Kier molecular flexibility index (Phi) is 4.08. The lowest BCUT2D eigenvalue weighted by Crippen LogP contribution is -2.16. The van der Waals surface area contributed by atoms with Crippen molar-refractivity contribution >= 4 is 17.6 Å². The molecule has 0 aromatic heterocycles. The molecule has 2 atom stereocenters. The maximum Gasteiger partial charge on any atom is 0.307 e. The summed E-state index contributed by atoms with van der Waals surface area (Å²) in [5.74, 6) is -1.50. The number of hydrogen-bond donors (Lipinski definition) is 2. The monoisotopic (exact) mass is 275 g/mol. The van der Waals surface area contributed by atoms with Crippen LogP contribution >= 0.6 is 0 Å². The maximum atomic E-state index is 11.8. The molecule has 106 valence electrons. The van der Waals surface area contributed by atoms with Crippen LogP contribution in [0.2, 0.25) is 0 Å². The summed E-state index contributed by atoms with van der Waals surface area (Å²) in [5.41, 5.74) is 1.51. The van der Waals surface area contributed by atoms with E-state index in [1.54, 1.807) is 24.3 Å². The van der Waals surface area contributed by atoms with Gasteiger partial charge in [0.25, 0.3) is 0 Å². The molecule has 2 rings (SSSR count). The molecule has 1 aromatic carbocycles. The molecule has 20 heavy (non-hydrogen) atoms. The normalized spacial score (nSPS) is 20.1. The predicted octanol–water partition coefficient (Wildman–Crippen LogP) is 2.30. The molecule has 1 fully saturated rings. The summed E-state index contributed by atoms with van der Waals surface area (Å²) in [6.45, 7) is 6.03. The van der Waals surface area contributed by atoms with Crippen molar-refractivity contribution in [2.45, 2.75) is 13.3 Å². The number of carboxylic acids is 1. The number of amides is 1. The van der Waals surface area contributed by atoms with E-state index in [1.807, 2.05) is 6.92 Å². The highest BCUT2D eigenvalue weighted by atomic mass is 16.5. The van der Waals surface area contributed by atoms with E-state index in [-0.39, 0.29) is 5.91 Å². The molecule has 5 heteroatoms. The first-order valence-electron chi connectivity index (χ1n) is 6.38. The van der Waals surface area contributed by atoms with Gasteiger partial charge in [-0.1, -0.05) is 12.6 Å². The van der Waals surface area contributed by atoms with Crippen LogP contribution in [-0.4, -0.2) is 23.6 Å². The van der Waals surface area contributed by atoms with Gasteiger partial charge in [-0.05, 0) is 31.1 Å². The fourth-order valence-electron chi connectivity index (χ4n) is 1.86. The number of aliphatic carboxylic acids is 1. The van der Waals surface area contributed by atoms with Gasteiger partial charge >= 0.3 is 5.97 Å². The number of ether oxygens (including phenoxy) is 1. The Bertz CT molecular complexity index is 553. The summed E-state index contributed by atoms with van der Waals surface area (Å²) in [5, 5.41) is 11.5. The summed E-state index contributed by atoms with van der Waals surface area (Å²) >= 11 is 0. The third-order valence-corrected chi connectivity index (χ3v) is 3.03. The Morgan fingerprint density at radius 2 is 2.20 bits per heavy atom. The zero-order valence-corrected chi connectivity index (χ0v) is 11.3. The molecular weight excluding hydrogens is 258 g/mol. The number of carboxylic acid groups (broad SMARTS) is 1. The molecule has 0 spiro atoms. The van der Waals surface area contributed by atoms with E-state index >= 15 is 0 Å². The van der Waals surface area contributed by atoms with Gasteiger partial charge in [-0.2, -0.15) is 0 Å². The van der Waals surface area contributed by atoms with Gasteiger partial charge in [-0.15, -0.1) is 0 Å². The molecule has 2 N–H and O–H groups in total. The van der Waals surface area contributed by atoms with Gasteiger partial charge in [-0.3, -0.25) is 9.59 Å². The lowest BCUT2D eigenvalue weighted by molar-refractivity contribution is -0.139. The van der Waals surface area contributed by atoms with E-state index in [9.17, 15) is 9.59 Å². The van der Waals surface area contributed by atoms with Gasteiger partial charge in [0.15, 0.2) is 0 Å². The number of nitrogens with one attached hydrogen (secondary N) is 1. The topological polar surface area (TPSA) is 75.6 Å². The molecule has 0 heterocycles. The van der Waals surface area contributed by atoms with Crippen molar-refractivity contribution < 1.29 is 19.4 Å². The van der Waals surface area contributed by atoms with Crippen LogP contribution in [0.25, 0.3) is 0 Å². The predicted molar refractivity (Wildman–Crippen MR) is 74.6 cm³/mol. The molecule has 5 nitrogen and oxygen atoms in total. The van der Waals surface area contributed by atoms with Crippen LogP contribution in [0.4, 0.5) is 5.69 Å². The molecule has 1 aromatic rings. The molecule has 0 saturated heterocycles. The molecule has 1 aliphatic carbocycles. The van der Waals surface area contributed by atoms with Crippen molar-refractivity contribution in [2.24, 2.45) is 11.8 Å². The van der Waals surface area contributed by atoms with Crippen molar-refractivity contribution in [3.8, 4) is 5.75 Å². The summed E-state index contributed by atoms with van der Waals surface area (Å²) in [6, 6.07) is 7.00. The van der Waals surface area contributed by atoms with Gasteiger partial charge < -0.3 is 15.2 Å². The van der Waals surface area contributed by atoms with Crippen molar-refractivity contribution in [1.29, 1.82) is 0 Å². The Balaban J connectivity index is 1.93. The first-order valence-corrected chi connectivity index (χ1v) is 6.38. The van der Waals surface area contributed by atoms with Crippen LogP contribution < -0.4 is 10.1 Å². The molecule has 0 aliphatic heterocycles. The highest BCUT2D eigenvalue weighted by Gasteiger charge is 2.48. The smallest absolute Gasteiger partial charge is 0.307 e. The van der Waals surface area contributed by atoms with Crippen LogP contribution in [0.5, 0.6) is 5.75 Å². The van der Waals surface area contributed by atoms with E-state index in [0.29, 0.717) is 24.5 Å². The highest BCUT2D eigenvalue weighted by molar-refractivity contribution is 5.98. The minimum atomic E-state index is -0.913. The molecule has 2 unspecified atom stereocenters. The van der Waals surface area contributed by atoms with E-state index in [2.05, 4.69) is 11.9 Å². The fraction of sp³-hybridized carbons (Fsp3) is 0.333. The van der Waals surface area contributed by atoms with Crippen molar-refractivity contribution in [3.63, 3.8) is 0 Å². The number of hydrogen-bond acceptors (Lipinski definition) is 3. The van der Waals surface area contributed by atoms with Crippen LogP contribution in [0, 0.1) is 11.8 Å². The van der Waals surface area contributed by atoms with Gasteiger partial charge in [-0.25, -0.2) is 0 Å². The van der Waals surface area contributed by atoms with Crippen LogP contribution in [0.1, 0.15) is 13.3 Å². The average Bonchev–Trinajstić information content (AvgIpc) is 3.17. The zero-order chi connectivity index (χ0) is 14.7. The third kappa shape index (κ3) is 3.60.